The highest BCUT2D eigenvalue weighted by Crippen LogP contribution is 2.30. The van der Waals surface area contributed by atoms with E-state index in [1.807, 2.05) is 0 Å². The van der Waals surface area contributed by atoms with Crippen molar-refractivity contribution < 1.29 is 14.0 Å². The third kappa shape index (κ3) is 3.01. The van der Waals surface area contributed by atoms with Crippen molar-refractivity contribution in [3.63, 3.8) is 0 Å². The van der Waals surface area contributed by atoms with E-state index in [2.05, 4.69) is 25.6 Å². The third-order valence-corrected chi connectivity index (χ3v) is 5.37. The first kappa shape index (κ1) is 17.7. The largest absolute Gasteiger partial charge is 0.319 e. The van der Waals surface area contributed by atoms with E-state index < -0.39 is 11.7 Å². The van der Waals surface area contributed by atoms with Gasteiger partial charge in [0, 0.05) is 44.0 Å². The van der Waals surface area contributed by atoms with Crippen LogP contribution in [0.2, 0.25) is 0 Å². The van der Waals surface area contributed by atoms with E-state index in [9.17, 15) is 14.0 Å². The number of hydrogen-bond donors (Lipinski definition) is 2. The number of aromatic nitrogens is 4. The van der Waals surface area contributed by atoms with E-state index >= 15 is 0 Å². The average molecular weight is 395 g/mol. The zero-order valence-corrected chi connectivity index (χ0v) is 15.6. The van der Waals surface area contributed by atoms with E-state index in [0.717, 1.165) is 6.54 Å². The summed E-state index contributed by atoms with van der Waals surface area (Å²) in [6, 6.07) is 1.21. The molecule has 29 heavy (non-hydrogen) atoms. The maximum absolute atomic E-state index is 14.2. The van der Waals surface area contributed by atoms with Gasteiger partial charge in [0.05, 0.1) is 29.7 Å². The molecule has 2 aliphatic rings. The Kier molecular flexibility index (Phi) is 4.02. The van der Waals surface area contributed by atoms with Crippen molar-refractivity contribution in [2.45, 2.75) is 6.92 Å². The van der Waals surface area contributed by atoms with Gasteiger partial charge >= 0.3 is 0 Å². The molecule has 2 unspecified atom stereocenters. The molecule has 2 fully saturated rings. The predicted molar refractivity (Wildman–Crippen MR) is 102 cm³/mol. The number of hydrogen-bond acceptors (Lipinski definition) is 6. The summed E-state index contributed by atoms with van der Waals surface area (Å²) in [5.74, 6) is -0.327. The van der Waals surface area contributed by atoms with E-state index in [1.54, 1.807) is 24.2 Å². The molecule has 0 saturated carbocycles. The molecule has 2 amide bonds. The van der Waals surface area contributed by atoms with Gasteiger partial charge in [0.15, 0.2) is 17.3 Å². The van der Waals surface area contributed by atoms with Gasteiger partial charge in [-0.25, -0.2) is 19.3 Å². The number of carbonyl (C=O) groups is 2. The Bertz CT molecular complexity index is 1130. The highest BCUT2D eigenvalue weighted by atomic mass is 19.1. The molecule has 3 aromatic heterocycles. The fourth-order valence-corrected chi connectivity index (χ4v) is 3.97. The van der Waals surface area contributed by atoms with Crippen LogP contribution in [-0.4, -0.2) is 50.8 Å². The quantitative estimate of drug-likeness (QED) is 0.686. The molecule has 2 saturated heterocycles. The maximum atomic E-state index is 14.2. The van der Waals surface area contributed by atoms with E-state index in [0.29, 0.717) is 24.6 Å². The van der Waals surface area contributed by atoms with Gasteiger partial charge in [-0.1, -0.05) is 0 Å². The molecule has 2 atom stereocenters. The van der Waals surface area contributed by atoms with Crippen LogP contribution in [0.1, 0.15) is 16.2 Å². The number of aryl methyl sites for hydroxylation is 1. The van der Waals surface area contributed by atoms with Crippen LogP contribution in [0, 0.1) is 24.6 Å². The molecule has 0 bridgehead atoms. The number of amides is 2. The number of anilines is 2. The summed E-state index contributed by atoms with van der Waals surface area (Å²) in [5.41, 5.74) is 1.22. The number of nitrogens with one attached hydrogen (secondary N) is 2. The van der Waals surface area contributed by atoms with E-state index in [1.165, 1.54) is 22.9 Å². The SMILES string of the molecule is Cc1cn2cc(NC(=O)c3cnc(N4CC5CNCC5C4=O)cn3)cc(F)c2n1. The summed E-state index contributed by atoms with van der Waals surface area (Å²) in [5, 5.41) is 5.83. The van der Waals surface area contributed by atoms with Crippen LogP contribution >= 0.6 is 0 Å². The van der Waals surface area contributed by atoms with Crippen LogP contribution < -0.4 is 15.5 Å². The van der Waals surface area contributed by atoms with Crippen molar-refractivity contribution in [2.24, 2.45) is 11.8 Å². The minimum atomic E-state index is -0.537. The molecule has 2 N–H and O–H groups in total. The molecule has 10 heteroatoms. The topological polar surface area (TPSA) is 105 Å². The van der Waals surface area contributed by atoms with Gasteiger partial charge in [-0.3, -0.25) is 14.5 Å². The number of fused-ring (bicyclic) bond motifs is 2. The first-order valence-corrected chi connectivity index (χ1v) is 9.30. The van der Waals surface area contributed by atoms with Crippen molar-refractivity contribution in [1.29, 1.82) is 0 Å². The van der Waals surface area contributed by atoms with Crippen LogP contribution in [0.5, 0.6) is 0 Å². The number of nitrogens with zero attached hydrogens (tertiary/aromatic N) is 5. The van der Waals surface area contributed by atoms with Crippen LogP contribution in [0.3, 0.4) is 0 Å². The summed E-state index contributed by atoms with van der Waals surface area (Å²) < 4.78 is 15.7. The number of imidazole rings is 1. The van der Waals surface area contributed by atoms with Crippen molar-refractivity contribution >= 4 is 29.0 Å². The summed E-state index contributed by atoms with van der Waals surface area (Å²) in [6.45, 7) is 3.86. The van der Waals surface area contributed by atoms with Crippen LogP contribution in [0.25, 0.3) is 5.65 Å². The van der Waals surface area contributed by atoms with Gasteiger partial charge in [-0.2, -0.15) is 0 Å². The lowest BCUT2D eigenvalue weighted by atomic mass is 10.0. The Morgan fingerprint density at radius 1 is 1.28 bits per heavy atom. The maximum Gasteiger partial charge on any atom is 0.275 e. The zero-order chi connectivity index (χ0) is 20.1. The first-order valence-electron chi connectivity index (χ1n) is 9.30. The fraction of sp³-hybridized carbons (Fsp3) is 0.316. The first-order chi connectivity index (χ1) is 14.0. The molecule has 0 aromatic carbocycles. The smallest absolute Gasteiger partial charge is 0.275 e. The Morgan fingerprint density at radius 2 is 2.14 bits per heavy atom. The summed E-state index contributed by atoms with van der Waals surface area (Å²) in [7, 11) is 0. The second-order valence-electron chi connectivity index (χ2n) is 7.38. The molecule has 2 aliphatic heterocycles. The van der Waals surface area contributed by atoms with Gasteiger partial charge in [0.25, 0.3) is 5.91 Å². The van der Waals surface area contributed by atoms with Gasteiger partial charge < -0.3 is 15.0 Å². The monoisotopic (exact) mass is 395 g/mol. The highest BCUT2D eigenvalue weighted by molar-refractivity contribution is 6.03. The van der Waals surface area contributed by atoms with Gasteiger partial charge in [0.1, 0.15) is 5.69 Å². The number of halogens is 1. The van der Waals surface area contributed by atoms with Gasteiger partial charge in [0.2, 0.25) is 5.91 Å². The molecule has 148 valence electrons. The molecule has 0 spiro atoms. The Balaban J connectivity index is 1.33. The van der Waals surface area contributed by atoms with Crippen molar-refractivity contribution in [3.8, 4) is 0 Å². The fourth-order valence-electron chi connectivity index (χ4n) is 3.97. The highest BCUT2D eigenvalue weighted by Gasteiger charge is 2.44. The summed E-state index contributed by atoms with van der Waals surface area (Å²) in [6.07, 6.45) is 5.99. The van der Waals surface area contributed by atoms with Crippen LogP contribution in [0.4, 0.5) is 15.9 Å². The molecule has 3 aromatic rings. The van der Waals surface area contributed by atoms with Crippen molar-refractivity contribution in [3.05, 3.63) is 48.1 Å². The Morgan fingerprint density at radius 3 is 2.90 bits per heavy atom. The predicted octanol–water partition coefficient (Wildman–Crippen LogP) is 1.01. The molecular formula is C19H18FN7O2. The lowest BCUT2D eigenvalue weighted by Crippen LogP contribution is -2.31. The van der Waals surface area contributed by atoms with E-state index in [4.69, 9.17) is 0 Å². The second-order valence-corrected chi connectivity index (χ2v) is 7.38. The lowest BCUT2D eigenvalue weighted by Gasteiger charge is -2.16. The van der Waals surface area contributed by atoms with Gasteiger partial charge in [-0.05, 0) is 6.92 Å². The van der Waals surface area contributed by atoms with Crippen molar-refractivity contribution in [2.75, 3.05) is 29.9 Å². The molecule has 5 heterocycles. The standard InChI is InChI=1S/C19H18FN7O2/c1-10-7-26-9-12(2-14(20)17(26)24-10)25-18(28)15-5-23-16(6-22-15)27-8-11-3-21-4-13(11)19(27)29/h2,5-7,9,11,13,21H,3-4,8H2,1H3,(H,25,28). The van der Waals surface area contributed by atoms with Crippen molar-refractivity contribution in [1.82, 2.24) is 24.7 Å². The average Bonchev–Trinajstić information content (AvgIpc) is 3.38. The minimum absolute atomic E-state index is 0.0172. The zero-order valence-electron chi connectivity index (χ0n) is 15.6. The normalized spacial score (nSPS) is 21.0. The summed E-state index contributed by atoms with van der Waals surface area (Å²) in [4.78, 5) is 39.0. The number of pyridine rings is 1. The molecular weight excluding hydrogens is 377 g/mol. The molecule has 9 nitrogen and oxygen atoms in total. The minimum Gasteiger partial charge on any atom is -0.319 e. The third-order valence-electron chi connectivity index (χ3n) is 5.37. The van der Waals surface area contributed by atoms with Gasteiger partial charge in [-0.15, -0.1) is 0 Å². The van der Waals surface area contributed by atoms with E-state index in [-0.39, 0.29) is 34.8 Å². The Labute approximate surface area is 165 Å². The van der Waals surface area contributed by atoms with Crippen LogP contribution in [0.15, 0.2) is 30.9 Å². The summed E-state index contributed by atoms with van der Waals surface area (Å²) >= 11 is 0. The lowest BCUT2D eigenvalue weighted by molar-refractivity contribution is -0.120. The number of rotatable bonds is 3. The van der Waals surface area contributed by atoms with Crippen LogP contribution in [-0.2, 0) is 4.79 Å². The molecule has 0 aliphatic carbocycles. The Hall–Kier alpha value is -3.40. The molecule has 5 rings (SSSR count). The molecule has 0 radical (unpaired) electrons. The number of carbonyl (C=O) groups excluding carboxylic acids is 2. The second kappa shape index (κ2) is 6.59.